The Morgan fingerprint density at radius 2 is 1.12 bits per heavy atom. The zero-order valence-electron chi connectivity index (χ0n) is 41.3. The monoisotopic (exact) mass is 928 g/mol. The van der Waals surface area contributed by atoms with Gasteiger partial charge in [-0.1, -0.05) is 202 Å². The van der Waals surface area contributed by atoms with Crippen molar-refractivity contribution in [2.45, 2.75) is 237 Å². The number of ether oxygens (including phenoxy) is 3. The minimum atomic E-state index is -1.63. The highest BCUT2D eigenvalue weighted by Gasteiger charge is 2.47. The van der Waals surface area contributed by atoms with Crippen LogP contribution in [0.5, 0.6) is 0 Å². The molecule has 1 heterocycles. The molecule has 1 saturated heterocycles. The molecule has 1 fully saturated rings. The van der Waals surface area contributed by atoms with E-state index < -0.39 is 67.4 Å². The highest BCUT2D eigenvalue weighted by Crippen LogP contribution is 2.26. The average molecular weight is 928 g/mol. The van der Waals surface area contributed by atoms with E-state index in [4.69, 9.17) is 14.2 Å². The molecular weight excluding hydrogens is 835 g/mol. The Balaban J connectivity index is 2.82. The van der Waals surface area contributed by atoms with E-state index in [1.807, 2.05) is 54.7 Å². The van der Waals surface area contributed by atoms with Gasteiger partial charge in [-0.25, -0.2) is 0 Å². The van der Waals surface area contributed by atoms with E-state index in [0.29, 0.717) is 12.8 Å². The number of hydrogen-bond acceptors (Lipinski definition) is 10. The highest BCUT2D eigenvalue weighted by atomic mass is 16.7. The number of aliphatic hydroxyl groups is 5. The number of unbranched alkanes of at least 4 members (excludes halogenated alkanes) is 19. The maximum atomic E-state index is 13.3. The second kappa shape index (κ2) is 43.1. The third-order valence-electron chi connectivity index (χ3n) is 11.7. The molecule has 11 heteroatoms. The lowest BCUT2D eigenvalue weighted by molar-refractivity contribution is -0.305. The molecular formula is C55H93NO10. The van der Waals surface area contributed by atoms with Gasteiger partial charge in [-0.05, 0) is 64.2 Å². The molecule has 0 aliphatic carbocycles. The molecule has 0 radical (unpaired) electrons. The van der Waals surface area contributed by atoms with Gasteiger partial charge in [0, 0.05) is 6.42 Å². The summed E-state index contributed by atoms with van der Waals surface area (Å²) in [6.45, 7) is 5.52. The first-order valence-electron chi connectivity index (χ1n) is 25.9. The third kappa shape index (κ3) is 31.7. The fourth-order valence-corrected chi connectivity index (χ4v) is 7.47. The van der Waals surface area contributed by atoms with Gasteiger partial charge in [-0.3, -0.25) is 9.59 Å². The Morgan fingerprint density at radius 1 is 0.606 bits per heavy atom. The molecule has 0 saturated carbocycles. The number of carbonyl (C=O) groups is 2. The molecule has 66 heavy (non-hydrogen) atoms. The van der Waals surface area contributed by atoms with Crippen LogP contribution in [0.15, 0.2) is 85.1 Å². The Kier molecular flexibility index (Phi) is 39.8. The van der Waals surface area contributed by atoms with Crippen LogP contribution in [-0.4, -0.2) is 99.6 Å². The molecule has 1 rings (SSSR count). The van der Waals surface area contributed by atoms with Gasteiger partial charge in [0.1, 0.15) is 24.4 Å². The van der Waals surface area contributed by atoms with Crippen LogP contribution in [0.4, 0.5) is 0 Å². The Morgan fingerprint density at radius 3 is 1.73 bits per heavy atom. The first kappa shape index (κ1) is 60.9. The van der Waals surface area contributed by atoms with E-state index in [1.165, 1.54) is 57.8 Å². The molecule has 0 aromatic heterocycles. The zero-order valence-corrected chi connectivity index (χ0v) is 41.3. The van der Waals surface area contributed by atoms with Crippen molar-refractivity contribution >= 4 is 11.9 Å². The minimum absolute atomic E-state index is 0.0695. The van der Waals surface area contributed by atoms with Gasteiger partial charge in [-0.15, -0.1) is 0 Å². The van der Waals surface area contributed by atoms with Gasteiger partial charge < -0.3 is 45.1 Å². The number of allylic oxidation sites excluding steroid dienone is 13. The minimum Gasteiger partial charge on any atom is -0.454 e. The Hall–Kier alpha value is -3.16. The molecule has 1 aliphatic heterocycles. The van der Waals surface area contributed by atoms with Crippen molar-refractivity contribution in [1.82, 2.24) is 5.32 Å². The second-order valence-corrected chi connectivity index (χ2v) is 17.6. The second-order valence-electron chi connectivity index (χ2n) is 17.6. The summed E-state index contributed by atoms with van der Waals surface area (Å²) in [7, 11) is 0. The number of carbonyl (C=O) groups excluding carboxylic acids is 2. The molecule has 378 valence electrons. The lowest BCUT2D eigenvalue weighted by Crippen LogP contribution is -2.61. The fourth-order valence-electron chi connectivity index (χ4n) is 7.47. The van der Waals surface area contributed by atoms with Crippen LogP contribution < -0.4 is 5.32 Å². The molecule has 0 spiro atoms. The summed E-state index contributed by atoms with van der Waals surface area (Å²) in [5.74, 6) is -1.26. The van der Waals surface area contributed by atoms with Crippen molar-refractivity contribution < 1.29 is 49.3 Å². The van der Waals surface area contributed by atoms with Gasteiger partial charge in [0.25, 0.3) is 0 Å². The summed E-state index contributed by atoms with van der Waals surface area (Å²) in [4.78, 5) is 26.3. The first-order chi connectivity index (χ1) is 32.2. The van der Waals surface area contributed by atoms with E-state index in [1.54, 1.807) is 6.08 Å². The predicted octanol–water partition coefficient (Wildman–Crippen LogP) is 10.7. The maximum Gasteiger partial charge on any atom is 0.306 e. The van der Waals surface area contributed by atoms with Crippen LogP contribution in [-0.2, 0) is 23.8 Å². The first-order valence-corrected chi connectivity index (χ1v) is 25.9. The van der Waals surface area contributed by atoms with Crippen LogP contribution in [0.25, 0.3) is 0 Å². The van der Waals surface area contributed by atoms with E-state index in [-0.39, 0.29) is 19.4 Å². The molecule has 6 N–H and O–H groups in total. The number of nitrogens with one attached hydrogen (secondary N) is 1. The van der Waals surface area contributed by atoms with Crippen LogP contribution in [0.3, 0.4) is 0 Å². The third-order valence-corrected chi connectivity index (χ3v) is 11.7. The van der Waals surface area contributed by atoms with Crippen LogP contribution in [0.2, 0.25) is 0 Å². The molecule has 1 amide bonds. The standard InChI is InChI=1S/C55H93NO10/c1-4-7-10-13-16-19-22-24-25-26-28-31-34-37-40-43-50(60)66-53-52(62)51(61)49(44-57)65-55(53)64-45-46(47(58)41-38-35-32-30-27-23-20-17-14-11-8-5-2)56-54(63)48(59)42-39-36-33-29-21-18-15-12-9-6-3/h7,10,13,15-16,18-19,22,24-26,28,38,41,46-49,51-53,55,57-59,61-62H,4-6,8-9,11-12,14,17,20-21,23,27,29-37,39-40,42-45H2,1-3H3,(H,56,63)/b10-7+,16-13+,18-15-,22-19-,25-24-,28-26+,41-38+. The van der Waals surface area contributed by atoms with Crippen LogP contribution in [0, 0.1) is 0 Å². The predicted molar refractivity (Wildman–Crippen MR) is 269 cm³/mol. The van der Waals surface area contributed by atoms with Crippen molar-refractivity contribution in [3.8, 4) is 0 Å². The van der Waals surface area contributed by atoms with E-state index in [0.717, 1.165) is 83.5 Å². The van der Waals surface area contributed by atoms with Gasteiger partial charge >= 0.3 is 5.97 Å². The summed E-state index contributed by atoms with van der Waals surface area (Å²) >= 11 is 0. The SMILES string of the molecule is CC/C=C/C=C/C=C\C=C/C=C/CCCCCC(=O)OC1C(OCC(NC(=O)C(O)CCCCCC/C=C\CCCC)C(O)/C=C/CCCCCCCCCCCC)OC(CO)C(O)C1O. The Labute approximate surface area is 400 Å². The average Bonchev–Trinajstić information content (AvgIpc) is 3.31. The number of aliphatic hydroxyl groups excluding tert-OH is 5. The fraction of sp³-hybridized carbons (Fsp3) is 0.709. The summed E-state index contributed by atoms with van der Waals surface area (Å²) in [6, 6.07) is -1.04. The highest BCUT2D eigenvalue weighted by molar-refractivity contribution is 5.80. The summed E-state index contributed by atoms with van der Waals surface area (Å²) in [6.07, 6.45) is 43.5. The zero-order chi connectivity index (χ0) is 48.3. The van der Waals surface area contributed by atoms with Crippen LogP contribution >= 0.6 is 0 Å². The molecule has 8 atom stereocenters. The van der Waals surface area contributed by atoms with Crippen molar-refractivity contribution in [3.63, 3.8) is 0 Å². The van der Waals surface area contributed by atoms with Crippen LogP contribution in [0.1, 0.15) is 188 Å². The topological polar surface area (TPSA) is 175 Å². The largest absolute Gasteiger partial charge is 0.454 e. The van der Waals surface area contributed by atoms with E-state index in [9.17, 15) is 35.1 Å². The normalized spacial score (nSPS) is 20.9. The van der Waals surface area contributed by atoms with Crippen molar-refractivity contribution in [2.24, 2.45) is 0 Å². The smallest absolute Gasteiger partial charge is 0.306 e. The maximum absolute atomic E-state index is 13.3. The lowest BCUT2D eigenvalue weighted by atomic mass is 9.99. The van der Waals surface area contributed by atoms with Gasteiger partial charge in [0.15, 0.2) is 12.4 Å². The van der Waals surface area contributed by atoms with Crippen molar-refractivity contribution in [3.05, 3.63) is 85.1 Å². The number of rotatable bonds is 41. The lowest BCUT2D eigenvalue weighted by Gasteiger charge is -2.41. The number of esters is 1. The number of amides is 1. The summed E-state index contributed by atoms with van der Waals surface area (Å²) in [5.41, 5.74) is 0. The molecule has 0 aromatic rings. The quantitative estimate of drug-likeness (QED) is 0.0150. The molecule has 1 aliphatic rings. The van der Waals surface area contributed by atoms with E-state index >= 15 is 0 Å². The van der Waals surface area contributed by atoms with Gasteiger partial charge in [-0.2, -0.15) is 0 Å². The van der Waals surface area contributed by atoms with Crippen molar-refractivity contribution in [1.29, 1.82) is 0 Å². The summed E-state index contributed by atoms with van der Waals surface area (Å²) < 4.78 is 17.4. The summed E-state index contributed by atoms with van der Waals surface area (Å²) in [5, 5.41) is 56.5. The van der Waals surface area contributed by atoms with Crippen molar-refractivity contribution in [2.75, 3.05) is 13.2 Å². The molecule has 11 nitrogen and oxygen atoms in total. The van der Waals surface area contributed by atoms with E-state index in [2.05, 4.69) is 50.4 Å². The Bertz CT molecular complexity index is 1390. The molecule has 0 bridgehead atoms. The molecule has 8 unspecified atom stereocenters. The van der Waals surface area contributed by atoms with Gasteiger partial charge in [0.2, 0.25) is 5.91 Å². The molecule has 0 aromatic carbocycles. The number of hydrogen-bond donors (Lipinski definition) is 6. The van der Waals surface area contributed by atoms with Gasteiger partial charge in [0.05, 0.1) is 25.4 Å².